The van der Waals surface area contributed by atoms with Crippen LogP contribution in [0.2, 0.25) is 0 Å². The molecule has 0 aliphatic carbocycles. The summed E-state index contributed by atoms with van der Waals surface area (Å²) in [5, 5.41) is 27.6. The number of benzene rings is 1. The van der Waals surface area contributed by atoms with Gasteiger partial charge in [-0.3, -0.25) is 0 Å². The predicted molar refractivity (Wildman–Crippen MR) is 65.1 cm³/mol. The summed E-state index contributed by atoms with van der Waals surface area (Å²) < 4.78 is 6.06. The van der Waals surface area contributed by atoms with E-state index in [0.29, 0.717) is 11.1 Å². The Balaban J connectivity index is 2.82. The average molecular weight is 256 g/mol. The van der Waals surface area contributed by atoms with E-state index in [1.54, 1.807) is 0 Å². The molecule has 0 spiro atoms. The van der Waals surface area contributed by atoms with Gasteiger partial charge in [0.05, 0.1) is 21.1 Å². The van der Waals surface area contributed by atoms with Crippen LogP contribution in [0.5, 0.6) is 17.2 Å². The fourth-order valence-corrected chi connectivity index (χ4v) is 1.28. The molecule has 0 saturated heterocycles. The monoisotopic (exact) mass is 256 g/mol. The zero-order chi connectivity index (χ0) is 13.9. The quantitative estimate of drug-likeness (QED) is 0.538. The van der Waals surface area contributed by atoms with Crippen LogP contribution in [0.4, 0.5) is 0 Å². The van der Waals surface area contributed by atoms with E-state index < -0.39 is 17.5 Å². The van der Waals surface area contributed by atoms with Crippen LogP contribution in [0.1, 0.15) is 10.4 Å². The minimum atomic E-state index is -1.32. The first-order valence-corrected chi connectivity index (χ1v) is 5.43. The van der Waals surface area contributed by atoms with Crippen LogP contribution in [0.25, 0.3) is 0 Å². The lowest BCUT2D eigenvalue weighted by atomic mass is 10.2. The summed E-state index contributed by atoms with van der Waals surface area (Å²) in [6, 6.07) is 2.38. The first-order chi connectivity index (χ1) is 8.20. The Bertz CT molecular complexity index is 451. The Labute approximate surface area is 105 Å². The molecule has 0 unspecified atom stereocenters. The van der Waals surface area contributed by atoms with Gasteiger partial charge in [-0.2, -0.15) is 0 Å². The normalized spacial score (nSPS) is 11.3. The molecule has 0 radical (unpaired) electrons. The van der Waals surface area contributed by atoms with Crippen molar-refractivity contribution < 1.29 is 29.3 Å². The first-order valence-electron chi connectivity index (χ1n) is 5.43. The van der Waals surface area contributed by atoms with E-state index >= 15 is 0 Å². The van der Waals surface area contributed by atoms with E-state index in [1.165, 1.54) is 12.1 Å². The lowest BCUT2D eigenvalue weighted by molar-refractivity contribution is -0.870. The van der Waals surface area contributed by atoms with Crippen LogP contribution in [-0.4, -0.2) is 60.1 Å². The summed E-state index contributed by atoms with van der Waals surface area (Å²) in [4.78, 5) is 10.8. The molecule has 3 N–H and O–H groups in total. The third kappa shape index (κ3) is 3.81. The van der Waals surface area contributed by atoms with Crippen molar-refractivity contribution in [3.63, 3.8) is 0 Å². The van der Waals surface area contributed by atoms with Crippen LogP contribution < -0.4 is 4.74 Å². The van der Waals surface area contributed by atoms with Gasteiger partial charge in [0.1, 0.15) is 24.5 Å². The number of rotatable bonds is 5. The summed E-state index contributed by atoms with van der Waals surface area (Å²) >= 11 is 0. The Morgan fingerprint density at radius 3 is 2.39 bits per heavy atom. The summed E-state index contributed by atoms with van der Waals surface area (Å²) in [5.41, 5.74) is -0.379. The van der Waals surface area contributed by atoms with Gasteiger partial charge >= 0.3 is 5.97 Å². The van der Waals surface area contributed by atoms with Crippen molar-refractivity contribution in [3.05, 3.63) is 17.7 Å². The lowest BCUT2D eigenvalue weighted by Crippen LogP contribution is -2.38. The Morgan fingerprint density at radius 1 is 1.28 bits per heavy atom. The number of quaternary nitrogens is 1. The Morgan fingerprint density at radius 2 is 1.89 bits per heavy atom. The molecule has 6 heteroatoms. The highest BCUT2D eigenvalue weighted by Gasteiger charge is 2.16. The number of phenols is 2. The van der Waals surface area contributed by atoms with E-state index in [0.717, 1.165) is 6.54 Å². The van der Waals surface area contributed by atoms with Crippen molar-refractivity contribution in [1.82, 2.24) is 0 Å². The molecular weight excluding hydrogens is 238 g/mol. The number of hydrogen-bond acceptors (Lipinski definition) is 4. The van der Waals surface area contributed by atoms with Gasteiger partial charge < -0.3 is 24.5 Å². The zero-order valence-electron chi connectivity index (χ0n) is 10.7. The second kappa shape index (κ2) is 5.14. The number of carboxylic acids is 1. The fraction of sp³-hybridized carbons (Fsp3) is 0.417. The Hall–Kier alpha value is -1.95. The van der Waals surface area contributed by atoms with Crippen LogP contribution >= 0.6 is 0 Å². The smallest absolute Gasteiger partial charge is 0.339 e. The second-order valence-electron chi connectivity index (χ2n) is 5.01. The molecule has 0 aromatic heterocycles. The first kappa shape index (κ1) is 14.1. The van der Waals surface area contributed by atoms with Crippen molar-refractivity contribution in [2.24, 2.45) is 0 Å². The minimum Gasteiger partial charge on any atom is -0.504 e. The van der Waals surface area contributed by atoms with Gasteiger partial charge in [0.25, 0.3) is 0 Å². The maximum absolute atomic E-state index is 10.8. The molecule has 18 heavy (non-hydrogen) atoms. The number of ether oxygens (including phenoxy) is 1. The van der Waals surface area contributed by atoms with E-state index in [-0.39, 0.29) is 11.3 Å². The van der Waals surface area contributed by atoms with Gasteiger partial charge in [-0.25, -0.2) is 4.79 Å². The third-order valence-corrected chi connectivity index (χ3v) is 2.32. The standard InChI is InChI=1S/C12H17NO5/c1-13(2,3)4-5-18-8-6-9(12(16)17)11(15)10(14)7-8/h6-7H,4-5H2,1-3H3,(H2-,14,15,16,17)/p+1. The molecule has 0 fully saturated rings. The number of likely N-dealkylation sites (N-methyl/N-ethyl adjacent to an activating group) is 1. The van der Waals surface area contributed by atoms with Crippen LogP contribution in [0.15, 0.2) is 12.1 Å². The molecule has 100 valence electrons. The number of phenolic OH excluding ortho intramolecular Hbond substituents is 1. The van der Waals surface area contributed by atoms with Crippen molar-refractivity contribution in [1.29, 1.82) is 0 Å². The third-order valence-electron chi connectivity index (χ3n) is 2.32. The van der Waals surface area contributed by atoms with E-state index in [4.69, 9.17) is 9.84 Å². The second-order valence-corrected chi connectivity index (χ2v) is 5.01. The van der Waals surface area contributed by atoms with Gasteiger partial charge in [-0.1, -0.05) is 0 Å². The molecule has 1 aromatic carbocycles. The largest absolute Gasteiger partial charge is 0.504 e. The molecule has 0 atom stereocenters. The molecular formula is C12H18NO5+. The molecule has 0 bridgehead atoms. The molecule has 6 nitrogen and oxygen atoms in total. The van der Waals surface area contributed by atoms with Crippen LogP contribution in [-0.2, 0) is 0 Å². The number of carboxylic acid groups (broad SMARTS) is 1. The van der Waals surface area contributed by atoms with E-state index in [1.807, 2.05) is 21.1 Å². The highest BCUT2D eigenvalue weighted by molar-refractivity contribution is 5.92. The van der Waals surface area contributed by atoms with Gasteiger partial charge in [0.15, 0.2) is 11.5 Å². The Kier molecular flexibility index (Phi) is 4.03. The zero-order valence-corrected chi connectivity index (χ0v) is 10.7. The fourth-order valence-electron chi connectivity index (χ4n) is 1.28. The minimum absolute atomic E-state index is 0.219. The maximum Gasteiger partial charge on any atom is 0.339 e. The van der Waals surface area contributed by atoms with Crippen molar-refractivity contribution in [2.75, 3.05) is 34.3 Å². The van der Waals surface area contributed by atoms with Crippen molar-refractivity contribution in [2.45, 2.75) is 0 Å². The number of hydrogen-bond donors (Lipinski definition) is 3. The van der Waals surface area contributed by atoms with Gasteiger partial charge in [0.2, 0.25) is 0 Å². The predicted octanol–water partition coefficient (Wildman–Crippen LogP) is 0.881. The highest BCUT2D eigenvalue weighted by Crippen LogP contribution is 2.33. The van der Waals surface area contributed by atoms with Gasteiger partial charge in [-0.15, -0.1) is 0 Å². The number of aromatic carboxylic acids is 1. The van der Waals surface area contributed by atoms with Gasteiger partial charge in [0, 0.05) is 6.07 Å². The maximum atomic E-state index is 10.8. The molecule has 0 aliphatic rings. The molecule has 0 saturated carbocycles. The van der Waals surface area contributed by atoms with E-state index in [2.05, 4.69) is 0 Å². The molecule has 0 heterocycles. The number of carbonyl (C=O) groups is 1. The number of aromatic hydroxyl groups is 2. The average Bonchev–Trinajstić information content (AvgIpc) is 2.20. The van der Waals surface area contributed by atoms with Crippen molar-refractivity contribution in [3.8, 4) is 17.2 Å². The van der Waals surface area contributed by atoms with Gasteiger partial charge in [-0.05, 0) is 6.07 Å². The highest BCUT2D eigenvalue weighted by atomic mass is 16.5. The van der Waals surface area contributed by atoms with Crippen molar-refractivity contribution >= 4 is 5.97 Å². The van der Waals surface area contributed by atoms with Crippen LogP contribution in [0.3, 0.4) is 0 Å². The molecule has 1 rings (SSSR count). The van der Waals surface area contributed by atoms with Crippen LogP contribution in [0, 0.1) is 0 Å². The molecule has 1 aromatic rings. The van der Waals surface area contributed by atoms with E-state index in [9.17, 15) is 15.0 Å². The topological polar surface area (TPSA) is 87.0 Å². The summed E-state index contributed by atoms with van der Waals surface area (Å²) in [5.74, 6) is -2.26. The molecule has 0 amide bonds. The summed E-state index contributed by atoms with van der Waals surface area (Å²) in [6.07, 6.45) is 0. The summed E-state index contributed by atoms with van der Waals surface area (Å²) in [7, 11) is 6.00. The lowest BCUT2D eigenvalue weighted by Gasteiger charge is -2.23. The number of nitrogens with zero attached hydrogens (tertiary/aromatic N) is 1. The SMILES string of the molecule is C[N+](C)(C)CCOc1cc(O)c(O)c(C(=O)O)c1. The molecule has 0 aliphatic heterocycles. The summed E-state index contributed by atoms with van der Waals surface area (Å²) in [6.45, 7) is 1.11.